The van der Waals surface area contributed by atoms with E-state index in [1.54, 1.807) is 5.32 Å². The summed E-state index contributed by atoms with van der Waals surface area (Å²) in [4.78, 5) is 32.4. The van der Waals surface area contributed by atoms with Gasteiger partial charge in [-0.25, -0.2) is 4.79 Å². The maximum Gasteiger partial charge on any atom is 0.391 e. The summed E-state index contributed by atoms with van der Waals surface area (Å²) in [6, 6.07) is 0.601. The van der Waals surface area contributed by atoms with Crippen molar-refractivity contribution in [3.8, 4) is 0 Å². The maximum atomic E-state index is 12.2. The Morgan fingerprint density at radius 2 is 2.00 bits per heavy atom. The van der Waals surface area contributed by atoms with Crippen molar-refractivity contribution in [2.45, 2.75) is 18.6 Å². The fourth-order valence-corrected chi connectivity index (χ4v) is 1.68. The summed E-state index contributed by atoms with van der Waals surface area (Å²) in [5.74, 6) is -3.23. The molecule has 0 aromatic heterocycles. The molecule has 0 spiro atoms. The van der Waals surface area contributed by atoms with Crippen LogP contribution in [0.25, 0.3) is 0 Å². The number of nitrogens with one attached hydrogen (secondary N) is 1. The van der Waals surface area contributed by atoms with Crippen LogP contribution in [0.15, 0.2) is 18.2 Å². The third kappa shape index (κ3) is 4.88. The third-order valence-electron chi connectivity index (χ3n) is 2.44. The summed E-state index contributed by atoms with van der Waals surface area (Å²) in [6.07, 6.45) is -6.64. The molecule has 11 heteroatoms. The minimum atomic E-state index is -4.83. The molecule has 2 N–H and O–H groups in total. The van der Waals surface area contributed by atoms with Crippen molar-refractivity contribution in [3.63, 3.8) is 0 Å². The number of halogens is 4. The molecule has 1 unspecified atom stereocenters. The Morgan fingerprint density at radius 1 is 1.41 bits per heavy atom. The molecule has 1 amide bonds. The fraction of sp³-hybridized carbons (Fsp3) is 0.273. The van der Waals surface area contributed by atoms with Gasteiger partial charge in [0, 0.05) is 11.1 Å². The van der Waals surface area contributed by atoms with E-state index in [4.69, 9.17) is 16.7 Å². The van der Waals surface area contributed by atoms with E-state index in [9.17, 15) is 32.9 Å². The zero-order valence-electron chi connectivity index (χ0n) is 10.6. The molecule has 0 fully saturated rings. The van der Waals surface area contributed by atoms with Crippen LogP contribution in [0.3, 0.4) is 0 Å². The number of nitrogens with zero attached hydrogens (tertiary/aromatic N) is 1. The first-order chi connectivity index (χ1) is 10.0. The molecular weight excluding hydrogens is 333 g/mol. The lowest BCUT2D eigenvalue weighted by Gasteiger charge is -2.16. The molecule has 22 heavy (non-hydrogen) atoms. The first-order valence-electron chi connectivity index (χ1n) is 5.55. The predicted molar refractivity (Wildman–Crippen MR) is 67.7 cm³/mol. The monoisotopic (exact) mass is 340 g/mol. The van der Waals surface area contributed by atoms with Crippen molar-refractivity contribution >= 4 is 29.2 Å². The van der Waals surface area contributed by atoms with Gasteiger partial charge in [-0.15, -0.1) is 0 Å². The van der Waals surface area contributed by atoms with E-state index in [1.165, 1.54) is 0 Å². The molecule has 7 nitrogen and oxygen atoms in total. The van der Waals surface area contributed by atoms with Crippen molar-refractivity contribution in [3.05, 3.63) is 38.9 Å². The quantitative estimate of drug-likeness (QED) is 0.631. The number of nitro benzene ring substituents is 1. The number of alkyl halides is 3. The molecule has 0 aliphatic rings. The number of carbonyl (C=O) groups excluding carboxylic acids is 1. The number of amides is 1. The Hall–Kier alpha value is -2.36. The van der Waals surface area contributed by atoms with E-state index >= 15 is 0 Å². The molecule has 0 saturated heterocycles. The van der Waals surface area contributed by atoms with Gasteiger partial charge < -0.3 is 10.4 Å². The van der Waals surface area contributed by atoms with Crippen LogP contribution in [0.1, 0.15) is 16.8 Å². The first kappa shape index (κ1) is 17.7. The Balaban J connectivity index is 3.05. The lowest BCUT2D eigenvalue weighted by Crippen LogP contribution is -2.43. The largest absolute Gasteiger partial charge is 0.480 e. The van der Waals surface area contributed by atoms with E-state index in [1.807, 2.05) is 0 Å². The van der Waals surface area contributed by atoms with Gasteiger partial charge in [-0.3, -0.25) is 14.9 Å². The molecule has 0 aliphatic heterocycles. The lowest BCUT2D eigenvalue weighted by atomic mass is 10.1. The smallest absolute Gasteiger partial charge is 0.391 e. The number of aliphatic carboxylic acids is 1. The van der Waals surface area contributed by atoms with Crippen LogP contribution in [0.5, 0.6) is 0 Å². The van der Waals surface area contributed by atoms with E-state index in [0.29, 0.717) is 0 Å². The average Bonchev–Trinajstić information content (AvgIpc) is 2.35. The molecular formula is C11H8ClF3N2O5. The van der Waals surface area contributed by atoms with Gasteiger partial charge in [-0.1, -0.05) is 11.6 Å². The zero-order valence-corrected chi connectivity index (χ0v) is 11.3. The molecule has 1 aromatic carbocycles. The minimum Gasteiger partial charge on any atom is -0.480 e. The van der Waals surface area contributed by atoms with E-state index < -0.39 is 46.7 Å². The Kier molecular flexibility index (Phi) is 5.31. The summed E-state index contributed by atoms with van der Waals surface area (Å²) in [7, 11) is 0. The molecule has 1 aromatic rings. The summed E-state index contributed by atoms with van der Waals surface area (Å²) in [6.45, 7) is 0. The highest BCUT2D eigenvalue weighted by Crippen LogP contribution is 2.25. The van der Waals surface area contributed by atoms with Crippen LogP contribution >= 0.6 is 11.6 Å². The van der Waals surface area contributed by atoms with Crippen LogP contribution in [0, 0.1) is 10.1 Å². The molecule has 0 heterocycles. The van der Waals surface area contributed by atoms with Crippen LogP contribution in [0.4, 0.5) is 18.9 Å². The number of rotatable bonds is 5. The lowest BCUT2D eigenvalue weighted by molar-refractivity contribution is -0.385. The standard InChI is InChI=1S/C11H8ClF3N2O5/c12-5-1-2-6(8(3-5)17(21)22)9(18)16-7(10(19)20)4-11(13,14)15/h1-3,7H,4H2,(H,16,18)(H,19,20). The number of hydrogen-bond donors (Lipinski definition) is 2. The van der Waals surface area contributed by atoms with Gasteiger partial charge in [-0.05, 0) is 12.1 Å². The van der Waals surface area contributed by atoms with Gasteiger partial charge in [0.05, 0.1) is 11.3 Å². The first-order valence-corrected chi connectivity index (χ1v) is 5.93. The predicted octanol–water partition coefficient (Wildman–Crippen LogP) is 2.38. The van der Waals surface area contributed by atoms with E-state index in [-0.39, 0.29) is 5.02 Å². The van der Waals surface area contributed by atoms with Crippen molar-refractivity contribution < 1.29 is 32.8 Å². The molecule has 0 bridgehead atoms. The molecule has 0 radical (unpaired) electrons. The highest BCUT2D eigenvalue weighted by molar-refractivity contribution is 6.31. The zero-order chi connectivity index (χ0) is 17.1. The summed E-state index contributed by atoms with van der Waals surface area (Å²) < 4.78 is 36.7. The van der Waals surface area contributed by atoms with Gasteiger partial charge in [0.25, 0.3) is 11.6 Å². The van der Waals surface area contributed by atoms with Crippen LogP contribution in [-0.4, -0.2) is 34.1 Å². The summed E-state index contributed by atoms with van der Waals surface area (Å²) in [5, 5.41) is 21.0. The van der Waals surface area contributed by atoms with Gasteiger partial charge in [0.2, 0.25) is 0 Å². The Labute approximate surface area is 125 Å². The van der Waals surface area contributed by atoms with Crippen molar-refractivity contribution in [1.82, 2.24) is 5.32 Å². The maximum absolute atomic E-state index is 12.2. The van der Waals surface area contributed by atoms with Crippen molar-refractivity contribution in [2.24, 2.45) is 0 Å². The van der Waals surface area contributed by atoms with Crippen LogP contribution in [-0.2, 0) is 4.79 Å². The number of carboxylic acids is 1. The second-order valence-electron chi connectivity index (χ2n) is 4.10. The number of hydrogen-bond acceptors (Lipinski definition) is 4. The Bertz CT molecular complexity index is 620. The highest BCUT2D eigenvalue weighted by Gasteiger charge is 2.37. The normalized spacial score (nSPS) is 12.5. The molecule has 1 rings (SSSR count). The van der Waals surface area contributed by atoms with Crippen LogP contribution in [0.2, 0.25) is 5.02 Å². The molecule has 0 saturated carbocycles. The topological polar surface area (TPSA) is 110 Å². The number of carbonyl (C=O) groups is 2. The third-order valence-corrected chi connectivity index (χ3v) is 2.68. The fourth-order valence-electron chi connectivity index (χ4n) is 1.52. The van der Waals surface area contributed by atoms with E-state index in [0.717, 1.165) is 18.2 Å². The number of carboxylic acid groups (broad SMARTS) is 1. The van der Waals surface area contributed by atoms with Gasteiger partial charge >= 0.3 is 12.1 Å². The van der Waals surface area contributed by atoms with E-state index in [2.05, 4.69) is 0 Å². The van der Waals surface area contributed by atoms with Crippen molar-refractivity contribution in [1.29, 1.82) is 0 Å². The van der Waals surface area contributed by atoms with Gasteiger partial charge in [-0.2, -0.15) is 13.2 Å². The minimum absolute atomic E-state index is 0.0617. The second-order valence-corrected chi connectivity index (χ2v) is 4.54. The number of nitro groups is 1. The summed E-state index contributed by atoms with van der Waals surface area (Å²) in [5.41, 5.74) is -1.34. The highest BCUT2D eigenvalue weighted by atomic mass is 35.5. The number of benzene rings is 1. The van der Waals surface area contributed by atoms with Gasteiger partial charge in [0.1, 0.15) is 11.6 Å². The molecule has 1 atom stereocenters. The Morgan fingerprint density at radius 3 is 2.45 bits per heavy atom. The van der Waals surface area contributed by atoms with Gasteiger partial charge in [0.15, 0.2) is 0 Å². The second kappa shape index (κ2) is 6.60. The van der Waals surface area contributed by atoms with Crippen molar-refractivity contribution in [2.75, 3.05) is 0 Å². The molecule has 0 aliphatic carbocycles. The molecule has 120 valence electrons. The SMILES string of the molecule is O=C(NC(CC(F)(F)F)C(=O)O)c1ccc(Cl)cc1[N+](=O)[O-]. The average molecular weight is 341 g/mol. The van der Waals surface area contributed by atoms with Crippen LogP contribution < -0.4 is 5.32 Å². The summed E-state index contributed by atoms with van der Waals surface area (Å²) >= 11 is 5.53.